The van der Waals surface area contributed by atoms with Crippen LogP contribution in [-0.2, 0) is 5.54 Å². The van der Waals surface area contributed by atoms with Crippen LogP contribution < -0.4 is 10.5 Å². The molecule has 3 aromatic heterocycles. The van der Waals surface area contributed by atoms with E-state index in [0.29, 0.717) is 35.8 Å². The first-order valence-corrected chi connectivity index (χ1v) is 10.5. The minimum atomic E-state index is -0.537. The largest absolute Gasteiger partial charge is 0.480 e. The predicted molar refractivity (Wildman–Crippen MR) is 121 cm³/mol. The molecule has 1 saturated carbocycles. The smallest absolute Gasteiger partial charge is 0.237 e. The first kappa shape index (κ1) is 20.4. The van der Waals surface area contributed by atoms with Gasteiger partial charge in [0.1, 0.15) is 5.69 Å². The second-order valence-electron chi connectivity index (χ2n) is 8.20. The Morgan fingerprint density at radius 1 is 1.21 bits per heavy atom. The number of hydrogen-bond donors (Lipinski definition) is 1. The van der Waals surface area contributed by atoms with Gasteiger partial charge in [-0.25, -0.2) is 4.98 Å². The Balaban J connectivity index is 1.62. The molecule has 2 N–H and O–H groups in total. The number of benzene rings is 1. The Labute approximate surface area is 190 Å². The lowest BCUT2D eigenvalue weighted by atomic mass is 9.68. The molecule has 0 atom stereocenters. The van der Waals surface area contributed by atoms with Gasteiger partial charge < -0.3 is 10.5 Å². The van der Waals surface area contributed by atoms with Gasteiger partial charge in [-0.2, -0.15) is 25.5 Å². The van der Waals surface area contributed by atoms with Crippen LogP contribution in [0.15, 0.2) is 48.8 Å². The summed E-state index contributed by atoms with van der Waals surface area (Å²) in [4.78, 5) is 10.7. The molecule has 4 aromatic rings. The maximum absolute atomic E-state index is 9.34. The average molecular weight is 436 g/mol. The Bertz CT molecular complexity index is 1440. The number of nitrogens with two attached hydrogens (primary N) is 1. The maximum atomic E-state index is 9.34. The van der Waals surface area contributed by atoms with Crippen molar-refractivity contribution in [1.82, 2.24) is 25.0 Å². The van der Waals surface area contributed by atoms with Crippen molar-refractivity contribution in [3.63, 3.8) is 0 Å². The Kier molecular flexibility index (Phi) is 4.87. The normalized spacial score (nSPS) is 19.4. The molecule has 1 aromatic carbocycles. The fourth-order valence-electron chi connectivity index (χ4n) is 4.41. The number of hydrogen-bond acceptors (Lipinski definition) is 8. The van der Waals surface area contributed by atoms with Gasteiger partial charge in [0.15, 0.2) is 0 Å². The van der Waals surface area contributed by atoms with Crippen molar-refractivity contribution in [1.29, 1.82) is 10.5 Å². The lowest BCUT2D eigenvalue weighted by Crippen LogP contribution is -2.47. The molecule has 1 aliphatic carbocycles. The highest BCUT2D eigenvalue weighted by molar-refractivity contribution is 5.97. The minimum absolute atomic E-state index is 0.0762. The predicted octanol–water partition coefficient (Wildman–Crippen LogP) is 3.69. The molecule has 9 nitrogen and oxygen atoms in total. The minimum Gasteiger partial charge on any atom is -0.480 e. The van der Waals surface area contributed by atoms with Crippen LogP contribution >= 0.6 is 0 Å². The van der Waals surface area contributed by atoms with E-state index in [1.165, 1.54) is 7.11 Å². The van der Waals surface area contributed by atoms with Crippen molar-refractivity contribution < 1.29 is 4.74 Å². The lowest BCUT2D eigenvalue weighted by molar-refractivity contribution is 0.0713. The molecule has 0 spiro atoms. The van der Waals surface area contributed by atoms with Crippen LogP contribution in [0.25, 0.3) is 33.4 Å². The second-order valence-corrected chi connectivity index (χ2v) is 8.20. The Morgan fingerprint density at radius 3 is 2.82 bits per heavy atom. The van der Waals surface area contributed by atoms with Crippen LogP contribution in [0.5, 0.6) is 5.88 Å². The Hall–Kier alpha value is -4.50. The van der Waals surface area contributed by atoms with E-state index in [-0.39, 0.29) is 12.3 Å². The van der Waals surface area contributed by atoms with Crippen molar-refractivity contribution in [3.8, 4) is 40.5 Å². The zero-order chi connectivity index (χ0) is 23.0. The monoisotopic (exact) mass is 436 g/mol. The number of aromatic nitrogens is 5. The molecule has 0 saturated heterocycles. The maximum Gasteiger partial charge on any atom is 0.237 e. The van der Waals surface area contributed by atoms with Crippen molar-refractivity contribution in [2.45, 2.75) is 24.8 Å². The molecule has 0 amide bonds. The number of pyridine rings is 2. The highest BCUT2D eigenvalue weighted by Gasteiger charge is 2.48. The van der Waals surface area contributed by atoms with Gasteiger partial charge >= 0.3 is 0 Å². The number of methoxy groups -OCH3 is 1. The summed E-state index contributed by atoms with van der Waals surface area (Å²) in [6, 6.07) is 15.9. The fourth-order valence-corrected chi connectivity index (χ4v) is 4.41. The quantitative estimate of drug-likeness (QED) is 0.499. The third-order valence-corrected chi connectivity index (χ3v) is 6.14. The zero-order valence-corrected chi connectivity index (χ0v) is 17.9. The van der Waals surface area contributed by atoms with Gasteiger partial charge in [-0.05, 0) is 43.2 Å². The standard InChI is InChI=1S/C24H20N8O/c1-33-23-19(27)4-5-20(30-23)16-9-18(17-3-2-8-28-21(17)10-16)22-14-29-32(31-22)24(6-7-25)11-15(12-24)13-26/h2-5,8-10,14-15H,6,11-12,27H2,1H3/t15-,24-. The number of nitrogen functional groups attached to an aromatic ring is 1. The van der Waals surface area contributed by atoms with Crippen LogP contribution in [0.3, 0.4) is 0 Å². The van der Waals surface area contributed by atoms with Crippen molar-refractivity contribution in [2.75, 3.05) is 12.8 Å². The van der Waals surface area contributed by atoms with Gasteiger partial charge in [0.25, 0.3) is 0 Å². The van der Waals surface area contributed by atoms with Gasteiger partial charge in [0.05, 0.1) is 60.2 Å². The molecule has 5 rings (SSSR count). The third-order valence-electron chi connectivity index (χ3n) is 6.14. The number of nitrogens with zero attached hydrogens (tertiary/aromatic N) is 7. The summed E-state index contributed by atoms with van der Waals surface area (Å²) in [7, 11) is 1.53. The molecular weight excluding hydrogens is 416 g/mol. The number of fused-ring (bicyclic) bond motifs is 1. The van der Waals surface area contributed by atoms with Gasteiger partial charge in [-0.15, -0.1) is 0 Å². The van der Waals surface area contributed by atoms with E-state index >= 15 is 0 Å². The van der Waals surface area contributed by atoms with Crippen LogP contribution in [0.1, 0.15) is 19.3 Å². The SMILES string of the molecule is COc1nc(-c2cc(-c3cnn([C@]4(CC#N)C[C@@H](C#N)C4)n3)c3cccnc3c2)ccc1N. The molecule has 3 heterocycles. The van der Waals surface area contributed by atoms with E-state index in [0.717, 1.165) is 22.0 Å². The fraction of sp³-hybridized carbons (Fsp3) is 0.250. The molecule has 0 radical (unpaired) electrons. The van der Waals surface area contributed by atoms with E-state index in [1.807, 2.05) is 30.3 Å². The first-order valence-electron chi connectivity index (χ1n) is 10.5. The summed E-state index contributed by atoms with van der Waals surface area (Å²) in [5.74, 6) is 0.282. The van der Waals surface area contributed by atoms with E-state index in [4.69, 9.17) is 15.6 Å². The number of rotatable bonds is 5. The summed E-state index contributed by atoms with van der Waals surface area (Å²) in [6.07, 6.45) is 4.84. The van der Waals surface area contributed by atoms with E-state index in [2.05, 4.69) is 27.2 Å². The van der Waals surface area contributed by atoms with Crippen LogP contribution in [0, 0.1) is 28.6 Å². The van der Waals surface area contributed by atoms with E-state index in [1.54, 1.807) is 23.3 Å². The molecule has 162 valence electrons. The van der Waals surface area contributed by atoms with Crippen LogP contribution in [-0.4, -0.2) is 32.1 Å². The molecular formula is C24H20N8O. The Morgan fingerprint density at radius 2 is 2.06 bits per heavy atom. The zero-order valence-electron chi connectivity index (χ0n) is 17.9. The van der Waals surface area contributed by atoms with Gasteiger partial charge in [-0.1, -0.05) is 6.07 Å². The second kappa shape index (κ2) is 7.88. The summed E-state index contributed by atoms with van der Waals surface area (Å²) < 4.78 is 5.28. The van der Waals surface area contributed by atoms with E-state index < -0.39 is 5.54 Å². The van der Waals surface area contributed by atoms with Crippen molar-refractivity contribution >= 4 is 16.6 Å². The molecule has 0 aliphatic heterocycles. The summed E-state index contributed by atoms with van der Waals surface area (Å²) >= 11 is 0. The average Bonchev–Trinajstić information content (AvgIpc) is 3.31. The summed E-state index contributed by atoms with van der Waals surface area (Å²) in [5, 5.41) is 28.7. The van der Waals surface area contributed by atoms with Crippen molar-refractivity contribution in [3.05, 3.63) is 48.8 Å². The number of nitriles is 2. The lowest BCUT2D eigenvalue weighted by Gasteiger charge is -2.42. The molecule has 33 heavy (non-hydrogen) atoms. The van der Waals surface area contributed by atoms with Gasteiger partial charge in [0, 0.05) is 22.7 Å². The molecule has 1 aliphatic rings. The first-order chi connectivity index (χ1) is 16.1. The number of anilines is 1. The highest BCUT2D eigenvalue weighted by atomic mass is 16.5. The third kappa shape index (κ3) is 3.40. The molecule has 0 bridgehead atoms. The van der Waals surface area contributed by atoms with Crippen LogP contribution in [0.2, 0.25) is 0 Å². The highest BCUT2D eigenvalue weighted by Crippen LogP contribution is 2.45. The van der Waals surface area contributed by atoms with Crippen molar-refractivity contribution in [2.24, 2.45) is 5.92 Å². The molecule has 9 heteroatoms. The van der Waals surface area contributed by atoms with Gasteiger partial charge in [-0.3, -0.25) is 4.98 Å². The number of ether oxygens (including phenoxy) is 1. The topological polar surface area (TPSA) is 139 Å². The molecule has 0 unspecified atom stereocenters. The van der Waals surface area contributed by atoms with E-state index in [9.17, 15) is 10.5 Å². The van der Waals surface area contributed by atoms with Crippen LogP contribution in [0.4, 0.5) is 5.69 Å². The molecule has 1 fully saturated rings. The summed E-state index contributed by atoms with van der Waals surface area (Å²) in [6.45, 7) is 0. The summed E-state index contributed by atoms with van der Waals surface area (Å²) in [5.41, 5.74) is 9.69. The van der Waals surface area contributed by atoms with Gasteiger partial charge in [0.2, 0.25) is 5.88 Å².